The van der Waals surface area contributed by atoms with Gasteiger partial charge in [0, 0.05) is 10.6 Å². The molecule has 3 rings (SSSR count). The summed E-state index contributed by atoms with van der Waals surface area (Å²) in [6.07, 6.45) is 0. The number of nitrogens with zero attached hydrogens (tertiary/aromatic N) is 1. The molecule has 1 amide bonds. The highest BCUT2D eigenvalue weighted by atomic mass is 35.5. The minimum atomic E-state index is -4.76. The third kappa shape index (κ3) is 5.24. The van der Waals surface area contributed by atoms with Crippen LogP contribution < -0.4 is 16.2 Å². The number of hydrogen-bond donors (Lipinski definition) is 4. The first kappa shape index (κ1) is 26.0. The average Bonchev–Trinajstić information content (AvgIpc) is 3.23. The maximum atomic E-state index is 15.0. The molecule has 0 fully saturated rings. The van der Waals surface area contributed by atoms with Crippen LogP contribution in [0, 0.1) is 19.7 Å². The SMILES string of the molecule is Cc1ccc(F)c([C@@H](C(=O)OO)[C@H](NS(=O)(=O)c2ccc(Cl)cc2C(N)=O)c2n[nH]c(=O)o2)c1C. The first-order valence-electron chi connectivity index (χ1n) is 9.65. The predicted octanol–water partition coefficient (Wildman–Crippen LogP) is 1.69. The summed E-state index contributed by atoms with van der Waals surface area (Å²) in [6, 6.07) is 3.63. The van der Waals surface area contributed by atoms with E-state index < -0.39 is 61.8 Å². The number of amides is 1. The van der Waals surface area contributed by atoms with E-state index in [9.17, 15) is 27.2 Å². The Bertz CT molecular complexity index is 1470. The molecule has 15 heteroatoms. The number of aryl methyl sites for hydroxylation is 1. The molecule has 0 spiro atoms. The molecule has 35 heavy (non-hydrogen) atoms. The lowest BCUT2D eigenvalue weighted by atomic mass is 9.86. The molecule has 2 aromatic carbocycles. The fourth-order valence-corrected chi connectivity index (χ4v) is 5.03. The topological polar surface area (TPSA) is 195 Å². The highest BCUT2D eigenvalue weighted by Crippen LogP contribution is 2.37. The van der Waals surface area contributed by atoms with Crippen molar-refractivity contribution in [1.29, 1.82) is 0 Å². The smallest absolute Gasteiger partial charge is 0.391 e. The van der Waals surface area contributed by atoms with Crippen LogP contribution in [0.1, 0.15) is 44.9 Å². The van der Waals surface area contributed by atoms with Gasteiger partial charge in [-0.1, -0.05) is 17.7 Å². The summed E-state index contributed by atoms with van der Waals surface area (Å²) in [4.78, 5) is 39.3. The molecule has 1 heterocycles. The van der Waals surface area contributed by atoms with Gasteiger partial charge in [-0.2, -0.15) is 9.98 Å². The van der Waals surface area contributed by atoms with Crippen LogP contribution >= 0.6 is 11.6 Å². The molecule has 0 radical (unpaired) electrons. The van der Waals surface area contributed by atoms with Crippen molar-refractivity contribution in [1.82, 2.24) is 14.9 Å². The van der Waals surface area contributed by atoms with Crippen molar-refractivity contribution in [3.8, 4) is 0 Å². The fraction of sp³-hybridized carbons (Fsp3) is 0.200. The van der Waals surface area contributed by atoms with E-state index in [0.29, 0.717) is 5.56 Å². The molecular weight excluding hydrogens is 511 g/mol. The summed E-state index contributed by atoms with van der Waals surface area (Å²) < 4.78 is 48.5. The van der Waals surface area contributed by atoms with Crippen molar-refractivity contribution >= 4 is 33.5 Å². The Morgan fingerprint density at radius 2 is 1.97 bits per heavy atom. The van der Waals surface area contributed by atoms with Crippen LogP contribution in [0.25, 0.3) is 0 Å². The first-order chi connectivity index (χ1) is 16.4. The Hall–Kier alpha value is -3.59. The van der Waals surface area contributed by atoms with Crippen LogP contribution in [0.2, 0.25) is 5.02 Å². The van der Waals surface area contributed by atoms with Crippen molar-refractivity contribution in [2.45, 2.75) is 30.7 Å². The number of nitrogens with two attached hydrogens (primary N) is 1. The zero-order valence-electron chi connectivity index (χ0n) is 18.0. The zero-order chi connectivity index (χ0) is 26.1. The molecule has 0 saturated carbocycles. The van der Waals surface area contributed by atoms with Gasteiger partial charge in [-0.25, -0.2) is 27.5 Å². The maximum Gasteiger partial charge on any atom is 0.434 e. The molecule has 0 aliphatic rings. The summed E-state index contributed by atoms with van der Waals surface area (Å²) in [5.74, 6) is -7.33. The second-order valence-electron chi connectivity index (χ2n) is 7.35. The largest absolute Gasteiger partial charge is 0.434 e. The van der Waals surface area contributed by atoms with E-state index in [4.69, 9.17) is 27.0 Å². The van der Waals surface area contributed by atoms with E-state index in [-0.39, 0.29) is 16.1 Å². The van der Waals surface area contributed by atoms with Crippen molar-refractivity contribution in [3.05, 3.63) is 79.9 Å². The van der Waals surface area contributed by atoms with Gasteiger partial charge in [0.05, 0.1) is 10.5 Å². The van der Waals surface area contributed by atoms with Crippen LogP contribution in [0.3, 0.4) is 0 Å². The van der Waals surface area contributed by atoms with Crippen LogP contribution in [0.15, 0.2) is 44.4 Å². The Kier molecular flexibility index (Phi) is 7.40. The van der Waals surface area contributed by atoms with Crippen molar-refractivity contribution in [2.24, 2.45) is 5.73 Å². The minimum absolute atomic E-state index is 0.00629. The Morgan fingerprint density at radius 1 is 1.29 bits per heavy atom. The number of primary amides is 1. The number of carbonyl (C=O) groups excluding carboxylic acids is 2. The lowest BCUT2D eigenvalue weighted by molar-refractivity contribution is -0.237. The summed E-state index contributed by atoms with van der Waals surface area (Å²) >= 11 is 5.84. The number of halogens is 2. The molecule has 0 bridgehead atoms. The van der Waals surface area contributed by atoms with Gasteiger partial charge in [0.1, 0.15) is 17.8 Å². The van der Waals surface area contributed by atoms with Crippen LogP contribution in [0.5, 0.6) is 0 Å². The van der Waals surface area contributed by atoms with Crippen LogP contribution in [-0.2, 0) is 19.7 Å². The number of rotatable bonds is 8. The third-order valence-electron chi connectivity index (χ3n) is 5.22. The minimum Gasteiger partial charge on any atom is -0.391 e. The molecule has 1 aromatic heterocycles. The van der Waals surface area contributed by atoms with E-state index in [1.165, 1.54) is 13.0 Å². The Balaban J connectivity index is 2.27. The van der Waals surface area contributed by atoms with Gasteiger partial charge in [-0.3, -0.25) is 4.79 Å². The van der Waals surface area contributed by atoms with E-state index in [1.54, 1.807) is 6.92 Å². The number of hydrogen-bond acceptors (Lipinski definition) is 9. The highest BCUT2D eigenvalue weighted by molar-refractivity contribution is 7.89. The maximum absolute atomic E-state index is 15.0. The number of benzene rings is 2. The second kappa shape index (κ2) is 9.95. The van der Waals surface area contributed by atoms with Gasteiger partial charge in [-0.05, 0) is 49.2 Å². The lowest BCUT2D eigenvalue weighted by Gasteiger charge is -2.25. The van der Waals surface area contributed by atoms with Crippen molar-refractivity contribution < 1.29 is 37.0 Å². The standard InChI is InChI=1S/C20H18ClFN4O8S/c1-8-3-5-12(22)14(9(8)2)15(19(28)34-30)16(18-24-25-20(29)33-18)26-35(31,32)13-6-4-10(21)7-11(13)17(23)27/h3-7,15-16,26,30H,1-2H3,(H2,23,27)(H,25,29)/t15-,16+/m1/s1. The van der Waals surface area contributed by atoms with Crippen molar-refractivity contribution in [2.75, 3.05) is 0 Å². The molecular formula is C20H18ClFN4O8S. The summed E-state index contributed by atoms with van der Waals surface area (Å²) in [7, 11) is -4.76. The first-order valence-corrected chi connectivity index (χ1v) is 11.5. The van der Waals surface area contributed by atoms with Gasteiger partial charge >= 0.3 is 11.7 Å². The fourth-order valence-electron chi connectivity index (χ4n) is 3.46. The quantitative estimate of drug-likeness (QED) is 0.248. The normalized spacial score (nSPS) is 13.3. The zero-order valence-corrected chi connectivity index (χ0v) is 19.6. The van der Waals surface area contributed by atoms with E-state index in [1.807, 2.05) is 5.10 Å². The number of sulfonamides is 1. The number of carbonyl (C=O) groups is 2. The number of H-pyrrole nitrogens is 1. The van der Waals surface area contributed by atoms with Crippen molar-refractivity contribution in [3.63, 3.8) is 0 Å². The predicted molar refractivity (Wildman–Crippen MR) is 117 cm³/mol. The molecule has 0 aliphatic heterocycles. The molecule has 5 N–H and O–H groups in total. The van der Waals surface area contributed by atoms with Gasteiger partial charge in [0.2, 0.25) is 21.8 Å². The average molecular weight is 529 g/mol. The van der Waals surface area contributed by atoms with E-state index >= 15 is 0 Å². The van der Waals surface area contributed by atoms with Gasteiger partial charge in [-0.15, -0.1) is 5.10 Å². The molecule has 3 aromatic rings. The number of aromatic amines is 1. The molecule has 2 atom stereocenters. The van der Waals surface area contributed by atoms with Crippen LogP contribution in [-0.4, -0.2) is 35.7 Å². The summed E-state index contributed by atoms with van der Waals surface area (Å²) in [5, 5.41) is 14.6. The molecule has 186 valence electrons. The Morgan fingerprint density at radius 3 is 2.54 bits per heavy atom. The summed E-state index contributed by atoms with van der Waals surface area (Å²) in [5.41, 5.74) is 5.14. The monoisotopic (exact) mass is 528 g/mol. The second-order valence-corrected chi connectivity index (χ2v) is 9.46. The molecule has 0 saturated heterocycles. The van der Waals surface area contributed by atoms with Crippen LogP contribution in [0.4, 0.5) is 4.39 Å². The summed E-state index contributed by atoms with van der Waals surface area (Å²) in [6.45, 7) is 3.04. The lowest BCUT2D eigenvalue weighted by Crippen LogP contribution is -2.38. The third-order valence-corrected chi connectivity index (χ3v) is 6.95. The van der Waals surface area contributed by atoms with Gasteiger partial charge in [0.25, 0.3) is 0 Å². The number of aromatic nitrogens is 2. The van der Waals surface area contributed by atoms with Gasteiger partial charge in [0.15, 0.2) is 0 Å². The van der Waals surface area contributed by atoms with E-state index in [2.05, 4.69) is 14.7 Å². The Labute approximate surface area is 201 Å². The number of nitrogens with one attached hydrogen (secondary N) is 2. The van der Waals surface area contributed by atoms with E-state index in [0.717, 1.165) is 24.3 Å². The van der Waals surface area contributed by atoms with Gasteiger partial charge < -0.3 is 15.0 Å². The molecule has 12 nitrogen and oxygen atoms in total. The molecule has 0 aliphatic carbocycles. The highest BCUT2D eigenvalue weighted by Gasteiger charge is 2.42. The molecule has 0 unspecified atom stereocenters.